The monoisotopic (exact) mass is 317 g/mol. The van der Waals surface area contributed by atoms with Crippen LogP contribution in [0, 0.1) is 0 Å². The van der Waals surface area contributed by atoms with Crippen LogP contribution in [0.1, 0.15) is 30.3 Å². The SMILES string of the molecule is CCCCS(=O)(=O)N1CCc2nc(N=C(N)N)sc2C1. The largest absolute Gasteiger partial charge is 0.370 e. The second kappa shape index (κ2) is 6.06. The van der Waals surface area contributed by atoms with Crippen molar-refractivity contribution in [3.05, 3.63) is 10.6 Å². The van der Waals surface area contributed by atoms with Crippen molar-refractivity contribution in [2.45, 2.75) is 32.7 Å². The van der Waals surface area contributed by atoms with Crippen LogP contribution in [0.5, 0.6) is 0 Å². The summed E-state index contributed by atoms with van der Waals surface area (Å²) in [4.78, 5) is 9.16. The number of nitrogens with two attached hydrogens (primary N) is 2. The van der Waals surface area contributed by atoms with Gasteiger partial charge < -0.3 is 11.5 Å². The van der Waals surface area contributed by atoms with Crippen molar-refractivity contribution in [2.24, 2.45) is 16.5 Å². The number of fused-ring (bicyclic) bond motifs is 1. The minimum Gasteiger partial charge on any atom is -0.370 e. The average molecular weight is 317 g/mol. The van der Waals surface area contributed by atoms with Gasteiger partial charge in [-0.15, -0.1) is 0 Å². The van der Waals surface area contributed by atoms with Crippen molar-refractivity contribution in [3.8, 4) is 0 Å². The Morgan fingerprint density at radius 1 is 1.50 bits per heavy atom. The first kappa shape index (κ1) is 15.2. The Balaban J connectivity index is 2.15. The standard InChI is InChI=1S/C11H19N5O2S2/c1-2-3-6-20(17,18)16-5-4-8-9(7-16)19-11(14-8)15-10(12)13/h2-7H2,1H3,(H4,12,13,14,15). The summed E-state index contributed by atoms with van der Waals surface area (Å²) < 4.78 is 25.9. The number of sulfonamides is 1. The molecule has 0 aliphatic carbocycles. The van der Waals surface area contributed by atoms with Crippen LogP contribution in [0.15, 0.2) is 4.99 Å². The predicted octanol–water partition coefficient (Wildman–Crippen LogP) is 0.536. The topological polar surface area (TPSA) is 115 Å². The molecule has 9 heteroatoms. The molecule has 1 aliphatic rings. The molecular weight excluding hydrogens is 298 g/mol. The zero-order chi connectivity index (χ0) is 14.8. The highest BCUT2D eigenvalue weighted by Gasteiger charge is 2.28. The zero-order valence-electron chi connectivity index (χ0n) is 11.4. The van der Waals surface area contributed by atoms with E-state index in [9.17, 15) is 8.42 Å². The number of hydrogen-bond donors (Lipinski definition) is 2. The normalized spacial score (nSPS) is 15.8. The number of thiazole rings is 1. The fourth-order valence-corrected chi connectivity index (χ4v) is 4.71. The number of aromatic nitrogens is 1. The van der Waals surface area contributed by atoms with Crippen molar-refractivity contribution < 1.29 is 8.42 Å². The van der Waals surface area contributed by atoms with Gasteiger partial charge in [-0.3, -0.25) is 0 Å². The Morgan fingerprint density at radius 2 is 2.25 bits per heavy atom. The van der Waals surface area contributed by atoms with E-state index in [-0.39, 0.29) is 11.7 Å². The Morgan fingerprint density at radius 3 is 2.90 bits per heavy atom. The van der Waals surface area contributed by atoms with Crippen LogP contribution in [0.3, 0.4) is 0 Å². The molecule has 0 spiro atoms. The van der Waals surface area contributed by atoms with Crippen LogP contribution in [0.2, 0.25) is 0 Å². The Labute approximate surface area is 122 Å². The third-order valence-corrected chi connectivity index (χ3v) is 5.94. The molecule has 0 radical (unpaired) electrons. The minimum absolute atomic E-state index is 0.0384. The highest BCUT2D eigenvalue weighted by molar-refractivity contribution is 7.89. The van der Waals surface area contributed by atoms with Crippen LogP contribution in [-0.4, -0.2) is 36.0 Å². The van der Waals surface area contributed by atoms with Crippen molar-refractivity contribution in [2.75, 3.05) is 12.3 Å². The number of nitrogens with zero attached hydrogens (tertiary/aromatic N) is 3. The zero-order valence-corrected chi connectivity index (χ0v) is 13.0. The number of guanidine groups is 1. The van der Waals surface area contributed by atoms with Gasteiger partial charge in [0.15, 0.2) is 5.96 Å². The summed E-state index contributed by atoms with van der Waals surface area (Å²) in [6.07, 6.45) is 2.17. The Bertz CT molecular complexity index is 604. The summed E-state index contributed by atoms with van der Waals surface area (Å²) in [5, 5.41) is 0.489. The lowest BCUT2D eigenvalue weighted by Gasteiger charge is -2.25. The number of unbranched alkanes of at least 4 members (excludes halogenated alkanes) is 1. The van der Waals surface area contributed by atoms with Gasteiger partial charge in [0.2, 0.25) is 15.2 Å². The molecule has 2 rings (SSSR count). The van der Waals surface area contributed by atoms with Crippen LogP contribution in [0.4, 0.5) is 5.13 Å². The molecule has 4 N–H and O–H groups in total. The lowest BCUT2D eigenvalue weighted by Crippen LogP contribution is -2.37. The Kier molecular flexibility index (Phi) is 4.61. The van der Waals surface area contributed by atoms with Gasteiger partial charge >= 0.3 is 0 Å². The van der Waals surface area contributed by atoms with Gasteiger partial charge in [0.25, 0.3) is 0 Å². The van der Waals surface area contributed by atoms with Gasteiger partial charge in [-0.25, -0.2) is 13.4 Å². The molecule has 0 fully saturated rings. The molecule has 2 heterocycles. The molecule has 0 atom stereocenters. The van der Waals surface area contributed by atoms with Crippen molar-refractivity contribution >= 4 is 32.5 Å². The van der Waals surface area contributed by atoms with Gasteiger partial charge in [-0.05, 0) is 6.42 Å². The smallest absolute Gasteiger partial charge is 0.214 e. The Hall–Kier alpha value is -1.19. The molecule has 0 amide bonds. The molecule has 7 nitrogen and oxygen atoms in total. The predicted molar refractivity (Wildman–Crippen MR) is 80.4 cm³/mol. The van der Waals surface area contributed by atoms with Crippen molar-refractivity contribution in [3.63, 3.8) is 0 Å². The lowest BCUT2D eigenvalue weighted by molar-refractivity contribution is 0.392. The van der Waals surface area contributed by atoms with Gasteiger partial charge in [-0.2, -0.15) is 9.30 Å². The van der Waals surface area contributed by atoms with E-state index in [0.29, 0.717) is 31.1 Å². The van der Waals surface area contributed by atoms with E-state index >= 15 is 0 Å². The summed E-state index contributed by atoms with van der Waals surface area (Å²) in [5.41, 5.74) is 11.5. The second-order valence-corrected chi connectivity index (χ2v) is 7.81. The van der Waals surface area contributed by atoms with E-state index < -0.39 is 10.0 Å². The molecule has 20 heavy (non-hydrogen) atoms. The van der Waals surface area contributed by atoms with E-state index in [1.165, 1.54) is 15.6 Å². The number of hydrogen-bond acceptors (Lipinski definition) is 5. The maximum absolute atomic E-state index is 12.2. The maximum Gasteiger partial charge on any atom is 0.214 e. The summed E-state index contributed by atoms with van der Waals surface area (Å²) in [5.74, 6) is 0.168. The fourth-order valence-electron chi connectivity index (χ4n) is 2.01. The highest BCUT2D eigenvalue weighted by Crippen LogP contribution is 2.31. The first-order chi connectivity index (χ1) is 9.42. The highest BCUT2D eigenvalue weighted by atomic mass is 32.2. The fraction of sp³-hybridized carbons (Fsp3) is 0.636. The van der Waals surface area contributed by atoms with Crippen LogP contribution < -0.4 is 11.5 Å². The first-order valence-corrected chi connectivity index (χ1v) is 8.91. The van der Waals surface area contributed by atoms with E-state index in [1.54, 1.807) is 0 Å². The van der Waals surface area contributed by atoms with Crippen LogP contribution in [-0.2, 0) is 23.0 Å². The van der Waals surface area contributed by atoms with Crippen molar-refractivity contribution in [1.82, 2.24) is 9.29 Å². The summed E-state index contributed by atoms with van der Waals surface area (Å²) in [7, 11) is -3.17. The average Bonchev–Trinajstić information content (AvgIpc) is 2.76. The molecule has 112 valence electrons. The third-order valence-electron chi connectivity index (χ3n) is 3.06. The van der Waals surface area contributed by atoms with Gasteiger partial charge in [-0.1, -0.05) is 24.7 Å². The molecule has 1 aromatic rings. The van der Waals surface area contributed by atoms with E-state index in [1.807, 2.05) is 6.92 Å². The summed E-state index contributed by atoms with van der Waals surface area (Å²) >= 11 is 1.34. The van der Waals surface area contributed by atoms with Crippen LogP contribution in [0.25, 0.3) is 0 Å². The quantitative estimate of drug-likeness (QED) is 0.607. The maximum atomic E-state index is 12.2. The van der Waals surface area contributed by atoms with E-state index in [4.69, 9.17) is 11.5 Å². The first-order valence-electron chi connectivity index (χ1n) is 6.48. The van der Waals surface area contributed by atoms with E-state index in [0.717, 1.165) is 17.0 Å². The molecule has 0 saturated carbocycles. The molecule has 1 aliphatic heterocycles. The summed E-state index contributed by atoms with van der Waals surface area (Å²) in [6, 6.07) is 0. The number of rotatable bonds is 5. The number of aliphatic imine (C=N–C) groups is 1. The molecule has 0 aromatic carbocycles. The molecule has 0 unspecified atom stereocenters. The van der Waals surface area contributed by atoms with Crippen molar-refractivity contribution in [1.29, 1.82) is 0 Å². The molecule has 0 bridgehead atoms. The van der Waals surface area contributed by atoms with E-state index in [2.05, 4.69) is 9.98 Å². The molecule has 1 aromatic heterocycles. The van der Waals surface area contributed by atoms with Gasteiger partial charge in [0.05, 0.1) is 11.4 Å². The summed E-state index contributed by atoms with van der Waals surface area (Å²) in [6.45, 7) is 2.83. The van der Waals surface area contributed by atoms with Gasteiger partial charge in [0.1, 0.15) is 0 Å². The second-order valence-electron chi connectivity index (χ2n) is 4.66. The molecule has 0 saturated heterocycles. The van der Waals surface area contributed by atoms with Gasteiger partial charge in [0, 0.05) is 24.4 Å². The lowest BCUT2D eigenvalue weighted by atomic mass is 10.2. The minimum atomic E-state index is -3.17. The molecular formula is C11H19N5O2S2. The van der Waals surface area contributed by atoms with Crippen LogP contribution >= 0.6 is 11.3 Å². The third kappa shape index (κ3) is 3.47.